The maximum Gasteiger partial charge on any atom is 0.222 e. The van der Waals surface area contributed by atoms with Crippen molar-refractivity contribution in [3.8, 4) is 10.6 Å². The molecule has 3 aromatic rings. The molecule has 1 amide bonds. The molecule has 1 saturated heterocycles. The monoisotopic (exact) mass is 342 g/mol. The number of carbonyl (C=O) groups is 1. The van der Waals surface area contributed by atoms with Gasteiger partial charge in [-0.05, 0) is 12.5 Å². The van der Waals surface area contributed by atoms with E-state index in [1.54, 1.807) is 17.5 Å². The number of nitrogens with zero attached hydrogens (tertiary/aromatic N) is 3. The number of aryl methyl sites for hydroxylation is 1. The van der Waals surface area contributed by atoms with E-state index in [0.29, 0.717) is 11.7 Å². The summed E-state index contributed by atoms with van der Waals surface area (Å²) in [6, 6.07) is 1.91. The Morgan fingerprint density at radius 3 is 3.12 bits per heavy atom. The van der Waals surface area contributed by atoms with E-state index < -0.39 is 0 Å². The number of rotatable bonds is 3. The van der Waals surface area contributed by atoms with Crippen molar-refractivity contribution in [2.45, 2.75) is 19.3 Å². The van der Waals surface area contributed by atoms with Crippen molar-refractivity contribution in [3.63, 3.8) is 0 Å². The lowest BCUT2D eigenvalue weighted by Gasteiger charge is -2.03. The number of hydrogen-bond donors (Lipinski definition) is 1. The smallest absolute Gasteiger partial charge is 0.222 e. The van der Waals surface area contributed by atoms with Crippen molar-refractivity contribution in [2.24, 2.45) is 7.05 Å². The van der Waals surface area contributed by atoms with Gasteiger partial charge in [-0.1, -0.05) is 0 Å². The van der Waals surface area contributed by atoms with E-state index in [2.05, 4.69) is 21.9 Å². The van der Waals surface area contributed by atoms with Crippen molar-refractivity contribution >= 4 is 34.0 Å². The number of nitrogens with one attached hydrogen (secondary N) is 1. The van der Waals surface area contributed by atoms with Crippen LogP contribution in [0.3, 0.4) is 0 Å². The zero-order valence-corrected chi connectivity index (χ0v) is 14.4. The molecule has 1 aliphatic rings. The van der Waals surface area contributed by atoms with Gasteiger partial charge in [-0.15, -0.1) is 11.3 Å². The third-order valence-electron chi connectivity index (χ3n) is 4.28. The SMILES string of the molecule is CC(=O)Nc1cc2c(-c3nc(C4CCOC4)cs3)cn(C)c2cn1. The van der Waals surface area contributed by atoms with Gasteiger partial charge < -0.3 is 14.6 Å². The van der Waals surface area contributed by atoms with Gasteiger partial charge in [-0.25, -0.2) is 9.97 Å². The van der Waals surface area contributed by atoms with Gasteiger partial charge in [0.15, 0.2) is 0 Å². The van der Waals surface area contributed by atoms with Gasteiger partial charge in [0.1, 0.15) is 10.8 Å². The Morgan fingerprint density at radius 1 is 1.50 bits per heavy atom. The van der Waals surface area contributed by atoms with E-state index in [9.17, 15) is 4.79 Å². The normalized spacial score (nSPS) is 17.5. The number of fused-ring (bicyclic) bond motifs is 1. The van der Waals surface area contributed by atoms with Crippen LogP contribution in [0.4, 0.5) is 5.82 Å². The van der Waals surface area contributed by atoms with Crippen LogP contribution < -0.4 is 5.32 Å². The Kier molecular flexibility index (Phi) is 3.82. The molecule has 4 rings (SSSR count). The van der Waals surface area contributed by atoms with E-state index >= 15 is 0 Å². The molecule has 1 unspecified atom stereocenters. The summed E-state index contributed by atoms with van der Waals surface area (Å²) in [5, 5.41) is 6.90. The summed E-state index contributed by atoms with van der Waals surface area (Å²) in [4.78, 5) is 20.4. The van der Waals surface area contributed by atoms with E-state index in [0.717, 1.165) is 46.8 Å². The lowest BCUT2D eigenvalue weighted by atomic mass is 10.1. The van der Waals surface area contributed by atoms with Gasteiger partial charge in [-0.2, -0.15) is 0 Å². The topological polar surface area (TPSA) is 69.0 Å². The van der Waals surface area contributed by atoms with Crippen molar-refractivity contribution in [3.05, 3.63) is 29.5 Å². The van der Waals surface area contributed by atoms with Crippen molar-refractivity contribution in [2.75, 3.05) is 18.5 Å². The second-order valence-electron chi connectivity index (χ2n) is 6.06. The number of carbonyl (C=O) groups excluding carboxylic acids is 1. The van der Waals surface area contributed by atoms with Crippen molar-refractivity contribution in [1.29, 1.82) is 0 Å². The van der Waals surface area contributed by atoms with Crippen molar-refractivity contribution < 1.29 is 9.53 Å². The van der Waals surface area contributed by atoms with E-state index in [4.69, 9.17) is 9.72 Å². The maximum absolute atomic E-state index is 11.3. The second kappa shape index (κ2) is 5.99. The molecule has 0 saturated carbocycles. The Bertz CT molecular complexity index is 909. The third-order valence-corrected chi connectivity index (χ3v) is 5.17. The van der Waals surface area contributed by atoms with Crippen LogP contribution in [0, 0.1) is 0 Å². The summed E-state index contributed by atoms with van der Waals surface area (Å²) in [5.74, 6) is 0.835. The van der Waals surface area contributed by atoms with Crippen LogP contribution in [0.25, 0.3) is 21.5 Å². The van der Waals surface area contributed by atoms with E-state index in [-0.39, 0.29) is 5.91 Å². The molecule has 1 aliphatic heterocycles. The summed E-state index contributed by atoms with van der Waals surface area (Å²) >= 11 is 1.65. The largest absolute Gasteiger partial charge is 0.381 e. The van der Waals surface area contributed by atoms with Crippen LogP contribution in [0.1, 0.15) is 25.0 Å². The molecular weight excluding hydrogens is 324 g/mol. The average Bonchev–Trinajstić information content (AvgIpc) is 3.25. The Hall–Kier alpha value is -2.25. The molecule has 6 nitrogen and oxygen atoms in total. The molecule has 0 bridgehead atoms. The van der Waals surface area contributed by atoms with Crippen LogP contribution >= 0.6 is 11.3 Å². The predicted molar refractivity (Wildman–Crippen MR) is 94.3 cm³/mol. The van der Waals surface area contributed by atoms with Crippen LogP contribution in [0.15, 0.2) is 23.8 Å². The quantitative estimate of drug-likeness (QED) is 0.794. The first-order chi connectivity index (χ1) is 11.6. The average molecular weight is 342 g/mol. The molecule has 24 heavy (non-hydrogen) atoms. The molecule has 1 N–H and O–H groups in total. The summed E-state index contributed by atoms with van der Waals surface area (Å²) in [5.41, 5.74) is 3.19. The lowest BCUT2D eigenvalue weighted by molar-refractivity contribution is -0.114. The molecule has 124 valence electrons. The minimum absolute atomic E-state index is 0.128. The Morgan fingerprint density at radius 2 is 2.38 bits per heavy atom. The third kappa shape index (κ3) is 2.70. The Labute approximate surface area is 143 Å². The van der Waals surface area contributed by atoms with E-state index in [1.165, 1.54) is 6.92 Å². The van der Waals surface area contributed by atoms with Gasteiger partial charge in [0.2, 0.25) is 5.91 Å². The number of anilines is 1. The fourth-order valence-electron chi connectivity index (χ4n) is 3.06. The first kappa shape index (κ1) is 15.3. The first-order valence-electron chi connectivity index (χ1n) is 7.88. The van der Waals surface area contributed by atoms with Crippen LogP contribution in [0.2, 0.25) is 0 Å². The number of thiazole rings is 1. The molecule has 4 heterocycles. The van der Waals surface area contributed by atoms with Crippen LogP contribution in [0.5, 0.6) is 0 Å². The van der Waals surface area contributed by atoms with Crippen LogP contribution in [-0.2, 0) is 16.6 Å². The summed E-state index contributed by atoms with van der Waals surface area (Å²) in [7, 11) is 1.99. The van der Waals surface area contributed by atoms with Gasteiger partial charge in [0, 0.05) is 49.0 Å². The highest BCUT2D eigenvalue weighted by molar-refractivity contribution is 7.13. The number of pyridine rings is 1. The zero-order chi connectivity index (χ0) is 16.7. The fourth-order valence-corrected chi connectivity index (χ4v) is 3.99. The number of aromatic nitrogens is 3. The highest BCUT2D eigenvalue weighted by Crippen LogP contribution is 2.35. The summed E-state index contributed by atoms with van der Waals surface area (Å²) in [6.45, 7) is 3.06. The maximum atomic E-state index is 11.3. The zero-order valence-electron chi connectivity index (χ0n) is 13.6. The van der Waals surface area contributed by atoms with Gasteiger partial charge in [0.25, 0.3) is 0 Å². The number of hydrogen-bond acceptors (Lipinski definition) is 5. The first-order valence-corrected chi connectivity index (χ1v) is 8.76. The minimum atomic E-state index is -0.128. The van der Waals surface area contributed by atoms with E-state index in [1.807, 2.05) is 17.7 Å². The van der Waals surface area contributed by atoms with Crippen LogP contribution in [-0.4, -0.2) is 33.7 Å². The molecule has 0 aliphatic carbocycles. The molecular formula is C17H18N4O2S. The van der Waals surface area contributed by atoms with Crippen molar-refractivity contribution in [1.82, 2.24) is 14.5 Å². The molecule has 0 aromatic carbocycles. The van der Waals surface area contributed by atoms with Gasteiger partial charge in [-0.3, -0.25) is 4.79 Å². The molecule has 1 atom stereocenters. The summed E-state index contributed by atoms with van der Waals surface area (Å²) < 4.78 is 7.50. The standard InChI is InChI=1S/C17H18N4O2S/c1-10(22)19-16-5-12-13(7-21(2)15(12)6-18-16)17-20-14(9-24-17)11-3-4-23-8-11/h5-7,9,11H,3-4,8H2,1-2H3,(H,18,19,22). The Balaban J connectivity index is 1.76. The van der Waals surface area contributed by atoms with Gasteiger partial charge >= 0.3 is 0 Å². The lowest BCUT2D eigenvalue weighted by Crippen LogP contribution is -2.07. The summed E-state index contributed by atoms with van der Waals surface area (Å²) in [6.07, 6.45) is 4.89. The second-order valence-corrected chi connectivity index (χ2v) is 6.92. The molecule has 7 heteroatoms. The fraction of sp³-hybridized carbons (Fsp3) is 0.353. The minimum Gasteiger partial charge on any atom is -0.381 e. The number of ether oxygens (including phenoxy) is 1. The van der Waals surface area contributed by atoms with Gasteiger partial charge in [0.05, 0.1) is 24.0 Å². The highest BCUT2D eigenvalue weighted by atomic mass is 32.1. The predicted octanol–water partition coefficient (Wildman–Crippen LogP) is 3.16. The number of amides is 1. The highest BCUT2D eigenvalue weighted by Gasteiger charge is 2.21. The molecule has 3 aromatic heterocycles. The molecule has 0 spiro atoms. The molecule has 1 fully saturated rings. The molecule has 0 radical (unpaired) electrons.